The molecular weight excluding hydrogens is 524 g/mol. The van der Waals surface area contributed by atoms with Crippen molar-refractivity contribution in [1.29, 1.82) is 0 Å². The molecule has 0 saturated heterocycles. The first-order chi connectivity index (χ1) is 15.9. The van der Waals surface area contributed by atoms with Crippen molar-refractivity contribution in [2.24, 2.45) is 10.2 Å². The molecule has 0 fully saturated rings. The molecule has 0 aliphatic rings. The fourth-order valence-electron chi connectivity index (χ4n) is 1.59. The van der Waals surface area contributed by atoms with Crippen molar-refractivity contribution in [1.82, 2.24) is 0 Å². The van der Waals surface area contributed by atoms with Crippen LogP contribution in [0.15, 0.2) is 83.0 Å². The molecule has 0 radical (unpaired) electrons. The predicted octanol–water partition coefficient (Wildman–Crippen LogP) is 4.24. The van der Waals surface area contributed by atoms with Crippen LogP contribution < -0.4 is 0 Å². The van der Waals surface area contributed by atoms with Crippen LogP contribution in [0.25, 0.3) is 12.2 Å². The Morgan fingerprint density at radius 3 is 0.912 bits per heavy atom. The van der Waals surface area contributed by atoms with Crippen LogP contribution in [0.1, 0.15) is 11.1 Å². The van der Waals surface area contributed by atoms with Crippen molar-refractivity contribution in [2.45, 2.75) is 0 Å². The van der Waals surface area contributed by atoms with Crippen LogP contribution in [-0.4, -0.2) is 12.4 Å². The molecule has 0 amide bonds. The van der Waals surface area contributed by atoms with Crippen molar-refractivity contribution in [3.05, 3.63) is 124 Å². The first-order valence-corrected chi connectivity index (χ1v) is 7.67. The zero-order valence-electron chi connectivity index (χ0n) is 17.3. The van der Waals surface area contributed by atoms with Gasteiger partial charge in [-0.1, -0.05) is 72.8 Å². The van der Waals surface area contributed by atoms with Crippen LogP contribution in [0.3, 0.4) is 0 Å². The molecule has 34 heavy (non-hydrogen) atoms. The largest absolute Gasteiger partial charge is 0 e. The van der Waals surface area contributed by atoms with Gasteiger partial charge in [-0.25, -0.2) is 0 Å². The summed E-state index contributed by atoms with van der Waals surface area (Å²) in [6, 6.07) is 20.2. The first kappa shape index (κ1) is 48.2. The molecular formula is C24H16Fe2N2O6. The van der Waals surface area contributed by atoms with Crippen LogP contribution in [0.2, 0.25) is 0 Å². The Hall–Kier alpha value is -3.26. The number of nitrogens with zero attached hydrogens (tertiary/aromatic N) is 2. The number of allylic oxidation sites excluding steroid dienone is 2. The number of benzene rings is 2. The van der Waals surface area contributed by atoms with E-state index in [4.69, 9.17) is 27.9 Å². The van der Waals surface area contributed by atoms with Crippen molar-refractivity contribution in [2.75, 3.05) is 0 Å². The van der Waals surface area contributed by atoms with E-state index in [-0.39, 0.29) is 34.1 Å². The summed E-state index contributed by atoms with van der Waals surface area (Å²) in [5.41, 5.74) is 2.29. The zero-order valence-corrected chi connectivity index (χ0v) is 19.5. The van der Waals surface area contributed by atoms with Crippen molar-refractivity contribution < 1.29 is 62.1 Å². The standard InChI is InChI=1S/C18H16N2.6CO.2Fe/c1-3-9-17(10-4-1)13-7-15-19-20-16-8-14-18-11-5-2-6-12-18;6*1-2;;/h1-16H;;;;;;;;/b13-7+,14-8+,19-15-,20-16-;;;;;;;;. The molecule has 2 rings (SSSR count). The fraction of sp³-hybridized carbons (Fsp3) is 0. The van der Waals surface area contributed by atoms with Crippen molar-refractivity contribution in [3.8, 4) is 0 Å². The molecule has 0 bridgehead atoms. The Kier molecular flexibility index (Phi) is 81.0. The molecule has 0 aromatic heterocycles. The normalized spacial score (nSPS) is 7.53. The first-order valence-electron chi connectivity index (χ1n) is 7.67. The molecule has 0 atom stereocenters. The van der Waals surface area contributed by atoms with Crippen LogP contribution in [0.5, 0.6) is 0 Å². The van der Waals surface area contributed by atoms with Gasteiger partial charge in [0.2, 0.25) is 0 Å². The molecule has 0 N–H and O–H groups in total. The average molecular weight is 540 g/mol. The third-order valence-electron chi connectivity index (χ3n) is 2.55. The van der Waals surface area contributed by atoms with E-state index in [1.807, 2.05) is 85.0 Å². The van der Waals surface area contributed by atoms with Gasteiger partial charge < -0.3 is 0 Å². The van der Waals surface area contributed by atoms with E-state index in [2.05, 4.69) is 50.1 Å². The van der Waals surface area contributed by atoms with Crippen LogP contribution in [0, 0.1) is 39.9 Å². The van der Waals surface area contributed by atoms with E-state index >= 15 is 0 Å². The van der Waals surface area contributed by atoms with Gasteiger partial charge in [-0.15, -0.1) is 0 Å². The summed E-state index contributed by atoms with van der Waals surface area (Å²) >= 11 is 0. The van der Waals surface area contributed by atoms with E-state index in [0.717, 1.165) is 11.1 Å². The van der Waals surface area contributed by atoms with Gasteiger partial charge in [0.05, 0.1) is 0 Å². The van der Waals surface area contributed by atoms with Gasteiger partial charge in [0.15, 0.2) is 0 Å². The van der Waals surface area contributed by atoms with E-state index in [1.165, 1.54) is 0 Å². The predicted molar refractivity (Wildman–Crippen MR) is 112 cm³/mol. The zero-order chi connectivity index (χ0) is 25.9. The van der Waals surface area contributed by atoms with Crippen molar-refractivity contribution >= 4 is 24.6 Å². The average Bonchev–Trinajstić information content (AvgIpc) is 2.94. The third kappa shape index (κ3) is 39.2. The number of hydrogen-bond donors (Lipinski definition) is 0. The minimum absolute atomic E-state index is 0. The Labute approximate surface area is 220 Å². The van der Waals surface area contributed by atoms with E-state index in [0.29, 0.717) is 0 Å². The quantitative estimate of drug-likeness (QED) is 0.176. The molecule has 2 aromatic rings. The molecule has 2 aromatic carbocycles. The summed E-state index contributed by atoms with van der Waals surface area (Å²) < 4.78 is 45.0. The molecule has 0 saturated carbocycles. The molecule has 0 aliphatic carbocycles. The molecule has 0 aliphatic heterocycles. The van der Waals surface area contributed by atoms with Gasteiger partial charge >= 0.3 is 67.8 Å². The topological polar surface area (TPSA) is 144 Å². The SMILES string of the molecule is C(/C=C/c1ccccc1)=N/N=C\C=C\c1ccccc1.[C-]#[O+].[C-]#[O+].[C-]#[O+].[C-]#[O+].[C-]#[O+].[C-]#[O+].[Fe].[Fe]. The Morgan fingerprint density at radius 2 is 0.676 bits per heavy atom. The van der Waals surface area contributed by atoms with E-state index in [9.17, 15) is 0 Å². The monoisotopic (exact) mass is 540 g/mol. The maximum Gasteiger partial charge on any atom is 0 e. The van der Waals surface area contributed by atoms with Crippen LogP contribution in [0.4, 0.5) is 0 Å². The Balaban J connectivity index is -0.0000000911. The Bertz CT molecular complexity index is 780. The van der Waals surface area contributed by atoms with Gasteiger partial charge in [0, 0.05) is 46.6 Å². The summed E-state index contributed by atoms with van der Waals surface area (Å²) in [5, 5.41) is 7.85. The smallest absolute Gasteiger partial charge is 0 e. The molecule has 0 unspecified atom stereocenters. The second-order valence-corrected chi connectivity index (χ2v) is 4.07. The molecule has 0 spiro atoms. The fourth-order valence-corrected chi connectivity index (χ4v) is 1.59. The van der Waals surface area contributed by atoms with Crippen LogP contribution in [-0.2, 0) is 62.1 Å². The van der Waals surface area contributed by atoms with Gasteiger partial charge in [-0.05, 0) is 23.3 Å². The van der Waals surface area contributed by atoms with Gasteiger partial charge in [0.25, 0.3) is 0 Å². The second-order valence-electron chi connectivity index (χ2n) is 4.07. The van der Waals surface area contributed by atoms with Crippen LogP contribution >= 0.6 is 0 Å². The van der Waals surface area contributed by atoms with Gasteiger partial charge in [-0.2, -0.15) is 10.2 Å². The Morgan fingerprint density at radius 1 is 0.441 bits per heavy atom. The maximum absolute atomic E-state index is 7.50. The minimum Gasteiger partial charge on any atom is 0 e. The van der Waals surface area contributed by atoms with Gasteiger partial charge in [-0.3, -0.25) is 0 Å². The second kappa shape index (κ2) is 57.1. The van der Waals surface area contributed by atoms with Gasteiger partial charge in [0.1, 0.15) is 0 Å². The third-order valence-corrected chi connectivity index (χ3v) is 2.55. The summed E-state index contributed by atoms with van der Waals surface area (Å²) in [5.74, 6) is 0. The van der Waals surface area contributed by atoms with E-state index in [1.54, 1.807) is 12.4 Å². The summed E-state index contributed by atoms with van der Waals surface area (Å²) in [7, 11) is 0. The molecule has 174 valence electrons. The molecule has 8 nitrogen and oxygen atoms in total. The summed E-state index contributed by atoms with van der Waals surface area (Å²) in [6.45, 7) is 27.0. The minimum atomic E-state index is 0. The number of rotatable bonds is 5. The maximum atomic E-state index is 7.50. The van der Waals surface area contributed by atoms with E-state index < -0.39 is 0 Å². The summed E-state index contributed by atoms with van der Waals surface area (Å²) in [6.07, 6.45) is 11.0. The number of hydrogen-bond acceptors (Lipinski definition) is 2. The summed E-state index contributed by atoms with van der Waals surface area (Å²) in [4.78, 5) is 0. The molecule has 10 heteroatoms. The van der Waals surface area contributed by atoms with Crippen molar-refractivity contribution in [3.63, 3.8) is 0 Å². The molecule has 0 heterocycles.